The van der Waals surface area contributed by atoms with E-state index in [9.17, 15) is 0 Å². The van der Waals surface area contributed by atoms with Crippen molar-refractivity contribution in [2.75, 3.05) is 12.3 Å². The van der Waals surface area contributed by atoms with Gasteiger partial charge < -0.3 is 21.4 Å². The molecule has 0 spiro atoms. The predicted molar refractivity (Wildman–Crippen MR) is 97.2 cm³/mol. The van der Waals surface area contributed by atoms with Crippen molar-refractivity contribution in [1.29, 1.82) is 0 Å². The van der Waals surface area contributed by atoms with Crippen LogP contribution >= 0.6 is 0 Å². The second-order valence-electron chi connectivity index (χ2n) is 5.71. The molecule has 0 saturated heterocycles. The molecule has 0 radical (unpaired) electrons. The Hall–Kier alpha value is -3.28. The van der Waals surface area contributed by atoms with E-state index in [4.69, 9.17) is 5.73 Å². The van der Waals surface area contributed by atoms with E-state index in [-0.39, 0.29) is 0 Å². The fraction of sp³-hybridized carbons (Fsp3) is 0.111. The first-order valence-corrected chi connectivity index (χ1v) is 7.80. The van der Waals surface area contributed by atoms with Gasteiger partial charge in [0.1, 0.15) is 5.65 Å². The van der Waals surface area contributed by atoms with Gasteiger partial charge in [-0.2, -0.15) is 0 Å². The van der Waals surface area contributed by atoms with E-state index in [0.29, 0.717) is 12.2 Å². The van der Waals surface area contributed by atoms with Crippen LogP contribution in [0.4, 0.5) is 5.69 Å². The molecule has 3 aromatic rings. The third-order valence-electron chi connectivity index (χ3n) is 3.90. The molecule has 1 aliphatic heterocycles. The average molecular weight is 318 g/mol. The normalized spacial score (nSPS) is 15.5. The Morgan fingerprint density at radius 1 is 1.25 bits per heavy atom. The van der Waals surface area contributed by atoms with E-state index >= 15 is 0 Å². The monoisotopic (exact) mass is 318 g/mol. The zero-order chi connectivity index (χ0) is 16.4. The summed E-state index contributed by atoms with van der Waals surface area (Å²) in [6.07, 6.45) is 5.65. The van der Waals surface area contributed by atoms with Crippen molar-refractivity contribution in [2.24, 2.45) is 4.99 Å². The van der Waals surface area contributed by atoms with Crippen molar-refractivity contribution in [1.82, 2.24) is 20.6 Å². The van der Waals surface area contributed by atoms with E-state index in [1.165, 1.54) is 5.56 Å². The summed E-state index contributed by atoms with van der Waals surface area (Å²) >= 11 is 0. The molecule has 0 amide bonds. The standard InChI is InChI=1S/C18H18N6/c19-14-7-16-13(9-20-17(16)21-10-14)6-15-11-23-18(24-15)22-8-12-4-2-1-3-5-12/h1-7,9-10H,8,11,19H2,(H,20,21)(H2,22,23,24). The number of nitrogens with zero attached hydrogens (tertiary/aromatic N) is 2. The molecule has 6 nitrogen and oxygen atoms in total. The van der Waals surface area contributed by atoms with E-state index in [0.717, 1.165) is 34.8 Å². The SMILES string of the molecule is Nc1cnc2[nH]cc(C=C3CN=C(NCc4ccccc4)N3)c2c1. The van der Waals surface area contributed by atoms with Gasteiger partial charge in [0.15, 0.2) is 5.96 Å². The molecular weight excluding hydrogens is 300 g/mol. The van der Waals surface area contributed by atoms with Crippen molar-refractivity contribution >= 4 is 28.8 Å². The van der Waals surface area contributed by atoms with Gasteiger partial charge in [0.05, 0.1) is 18.4 Å². The number of nitrogens with one attached hydrogen (secondary N) is 3. The number of nitrogens with two attached hydrogens (primary N) is 1. The molecule has 6 heteroatoms. The van der Waals surface area contributed by atoms with Gasteiger partial charge >= 0.3 is 0 Å². The molecule has 0 aliphatic carbocycles. The molecule has 0 atom stereocenters. The zero-order valence-corrected chi connectivity index (χ0v) is 13.1. The minimum atomic E-state index is 0.625. The fourth-order valence-electron chi connectivity index (χ4n) is 2.71. The molecule has 0 unspecified atom stereocenters. The van der Waals surface area contributed by atoms with Gasteiger partial charge in [0, 0.05) is 29.4 Å². The number of aromatic nitrogens is 2. The van der Waals surface area contributed by atoms with Crippen LogP contribution in [0.15, 0.2) is 59.5 Å². The molecule has 2 aromatic heterocycles. The summed E-state index contributed by atoms with van der Waals surface area (Å²) in [7, 11) is 0. The number of rotatable bonds is 3. The summed E-state index contributed by atoms with van der Waals surface area (Å²) in [6, 6.07) is 12.2. The number of aromatic amines is 1. The van der Waals surface area contributed by atoms with Gasteiger partial charge in [-0.1, -0.05) is 30.3 Å². The van der Waals surface area contributed by atoms with Crippen molar-refractivity contribution < 1.29 is 0 Å². The molecule has 1 aromatic carbocycles. The summed E-state index contributed by atoms with van der Waals surface area (Å²) in [5.41, 5.74) is 10.6. The molecule has 5 N–H and O–H groups in total. The number of fused-ring (bicyclic) bond motifs is 1. The molecule has 120 valence electrons. The summed E-state index contributed by atoms with van der Waals surface area (Å²) in [6.45, 7) is 1.37. The van der Waals surface area contributed by atoms with Gasteiger partial charge in [0.25, 0.3) is 0 Å². The molecule has 4 rings (SSSR count). The third-order valence-corrected chi connectivity index (χ3v) is 3.90. The van der Waals surface area contributed by atoms with Gasteiger partial charge in [0.2, 0.25) is 0 Å². The van der Waals surface area contributed by atoms with E-state index in [1.54, 1.807) is 6.20 Å². The van der Waals surface area contributed by atoms with Crippen molar-refractivity contribution in [3.63, 3.8) is 0 Å². The van der Waals surface area contributed by atoms with Crippen LogP contribution in [-0.4, -0.2) is 22.5 Å². The number of nitrogen functional groups attached to an aromatic ring is 1. The lowest BCUT2D eigenvalue weighted by molar-refractivity contribution is 0.888. The maximum atomic E-state index is 5.83. The minimum Gasteiger partial charge on any atom is -0.397 e. The first-order valence-electron chi connectivity index (χ1n) is 7.80. The number of aliphatic imine (C=N–C) groups is 1. The highest BCUT2D eigenvalue weighted by atomic mass is 15.2. The lowest BCUT2D eigenvalue weighted by atomic mass is 10.2. The lowest BCUT2D eigenvalue weighted by Gasteiger charge is -2.07. The Kier molecular flexibility index (Phi) is 3.63. The van der Waals surface area contributed by atoms with Crippen LogP contribution in [0, 0.1) is 0 Å². The fourth-order valence-corrected chi connectivity index (χ4v) is 2.71. The maximum absolute atomic E-state index is 5.83. The average Bonchev–Trinajstić information content (AvgIpc) is 3.22. The Morgan fingerprint density at radius 3 is 3.00 bits per heavy atom. The Labute approximate surface area is 139 Å². The van der Waals surface area contributed by atoms with Crippen molar-refractivity contribution in [2.45, 2.75) is 6.54 Å². The lowest BCUT2D eigenvalue weighted by Crippen LogP contribution is -2.32. The maximum Gasteiger partial charge on any atom is 0.196 e. The van der Waals surface area contributed by atoms with E-state index in [2.05, 4.69) is 43.8 Å². The van der Waals surface area contributed by atoms with Crippen molar-refractivity contribution in [3.05, 3.63) is 65.6 Å². The van der Waals surface area contributed by atoms with Gasteiger partial charge in [-0.3, -0.25) is 0 Å². The number of hydrogen-bond acceptors (Lipinski definition) is 5. The Balaban J connectivity index is 1.45. The van der Waals surface area contributed by atoms with Crippen LogP contribution in [0.25, 0.3) is 17.1 Å². The third kappa shape index (κ3) is 2.94. The zero-order valence-electron chi connectivity index (χ0n) is 13.1. The largest absolute Gasteiger partial charge is 0.397 e. The van der Waals surface area contributed by atoms with Crippen LogP contribution in [-0.2, 0) is 6.54 Å². The Morgan fingerprint density at radius 2 is 2.12 bits per heavy atom. The molecule has 1 aliphatic rings. The molecule has 0 fully saturated rings. The second kappa shape index (κ2) is 6.08. The minimum absolute atomic E-state index is 0.625. The summed E-state index contributed by atoms with van der Waals surface area (Å²) < 4.78 is 0. The quantitative estimate of drug-likeness (QED) is 0.596. The highest BCUT2D eigenvalue weighted by Gasteiger charge is 2.11. The summed E-state index contributed by atoms with van der Waals surface area (Å²) in [5.74, 6) is 0.794. The molecule has 24 heavy (non-hydrogen) atoms. The first-order chi connectivity index (χ1) is 11.8. The first kappa shape index (κ1) is 14.3. The van der Waals surface area contributed by atoms with Crippen LogP contribution in [0.1, 0.15) is 11.1 Å². The van der Waals surface area contributed by atoms with Crippen LogP contribution < -0.4 is 16.4 Å². The second-order valence-corrected chi connectivity index (χ2v) is 5.71. The highest BCUT2D eigenvalue weighted by Crippen LogP contribution is 2.21. The smallest absolute Gasteiger partial charge is 0.196 e. The predicted octanol–water partition coefficient (Wildman–Crippen LogP) is 2.24. The molecular formula is C18H18N6. The topological polar surface area (TPSA) is 91.1 Å². The number of H-pyrrole nitrogens is 1. The van der Waals surface area contributed by atoms with Crippen LogP contribution in [0.2, 0.25) is 0 Å². The molecule has 0 bridgehead atoms. The van der Waals surface area contributed by atoms with Gasteiger partial charge in [-0.25, -0.2) is 9.98 Å². The van der Waals surface area contributed by atoms with Gasteiger partial charge in [-0.05, 0) is 17.7 Å². The van der Waals surface area contributed by atoms with Crippen molar-refractivity contribution in [3.8, 4) is 0 Å². The number of guanidine groups is 1. The molecule has 3 heterocycles. The van der Waals surface area contributed by atoms with Crippen LogP contribution in [0.3, 0.4) is 0 Å². The van der Waals surface area contributed by atoms with Crippen LogP contribution in [0.5, 0.6) is 0 Å². The van der Waals surface area contributed by atoms with E-state index in [1.807, 2.05) is 30.5 Å². The van der Waals surface area contributed by atoms with Gasteiger partial charge in [-0.15, -0.1) is 0 Å². The number of hydrogen-bond donors (Lipinski definition) is 4. The van der Waals surface area contributed by atoms with E-state index < -0.39 is 0 Å². The Bertz CT molecular complexity index is 923. The number of pyridine rings is 1. The molecule has 0 saturated carbocycles. The summed E-state index contributed by atoms with van der Waals surface area (Å²) in [4.78, 5) is 11.9. The highest BCUT2D eigenvalue weighted by molar-refractivity contribution is 5.91. The number of benzene rings is 1. The summed E-state index contributed by atoms with van der Waals surface area (Å²) in [5, 5.41) is 7.63. The number of anilines is 1.